The Balaban J connectivity index is 1.40. The van der Waals surface area contributed by atoms with Crippen molar-refractivity contribution in [1.29, 1.82) is 0 Å². The number of fused-ring (bicyclic) bond motifs is 5. The first-order valence-electron chi connectivity index (χ1n) is 19.0. The van der Waals surface area contributed by atoms with Crippen molar-refractivity contribution >= 4 is 34.5 Å². The number of aromatic nitrogens is 1. The van der Waals surface area contributed by atoms with Gasteiger partial charge in [-0.15, -0.1) is 0 Å². The first kappa shape index (κ1) is 37.7. The van der Waals surface area contributed by atoms with Crippen molar-refractivity contribution in [3.05, 3.63) is 41.6 Å². The number of esters is 2. The fourth-order valence-electron chi connectivity index (χ4n) is 8.49. The summed E-state index contributed by atoms with van der Waals surface area (Å²) < 4.78 is 40.2. The predicted molar refractivity (Wildman–Crippen MR) is 193 cm³/mol. The van der Waals surface area contributed by atoms with Gasteiger partial charge in [0.25, 0.3) is 0 Å². The van der Waals surface area contributed by atoms with Gasteiger partial charge in [0.1, 0.15) is 28.9 Å². The molecule has 0 unspecified atom stereocenters. The van der Waals surface area contributed by atoms with Crippen LogP contribution < -0.4 is 9.47 Å². The zero-order chi connectivity index (χ0) is 37.4. The van der Waals surface area contributed by atoms with Gasteiger partial charge in [0.05, 0.1) is 49.3 Å². The highest BCUT2D eigenvalue weighted by Crippen LogP contribution is 2.58. The summed E-state index contributed by atoms with van der Waals surface area (Å²) in [6, 6.07) is 4.37. The molecule has 4 heterocycles. The normalized spacial score (nSPS) is 29.9. The number of aryl methyl sites for hydroxylation is 1. The number of carbonyl (C=O) groups excluding carboxylic acids is 4. The number of methoxy groups -OCH3 is 1. The Kier molecular flexibility index (Phi) is 10.7. The summed E-state index contributed by atoms with van der Waals surface area (Å²) in [7, 11) is 1.55. The number of ketones is 1. The molecular weight excluding hydrogens is 667 g/mol. The van der Waals surface area contributed by atoms with E-state index in [9.17, 15) is 19.2 Å². The van der Waals surface area contributed by atoms with Crippen LogP contribution in [0.25, 0.3) is 10.9 Å². The van der Waals surface area contributed by atoms with E-state index in [2.05, 4.69) is 6.08 Å². The van der Waals surface area contributed by atoms with Gasteiger partial charge >= 0.3 is 11.9 Å². The Morgan fingerprint density at radius 2 is 1.88 bits per heavy atom. The average Bonchev–Trinajstić information content (AvgIpc) is 3.67. The Bertz CT molecular complexity index is 1750. The lowest BCUT2D eigenvalue weighted by Crippen LogP contribution is -2.47. The van der Waals surface area contributed by atoms with Crippen LogP contribution in [0, 0.1) is 17.3 Å². The molecule has 1 amide bonds. The van der Waals surface area contributed by atoms with Crippen LogP contribution in [0.1, 0.15) is 116 Å². The summed E-state index contributed by atoms with van der Waals surface area (Å²) in [5.41, 5.74) is -1.36. The van der Waals surface area contributed by atoms with Crippen molar-refractivity contribution < 1.29 is 42.5 Å². The number of allylic oxidation sites excluding steroid dienone is 2. The standard InChI is InChI=1S/C41H53FN2O8/c1-7-30-36-35(28-19-27(49-6)16-17-31(28)43-30)29(42)21-40(52-36)22-32-33(45)23-41(38(48)50-8-2)20-26(41)15-13-11-9-10-12-14-25(37(47)44(32)24-40)18-34(46)51-39(3,4)5/h13,15-17,19,25-26,29,32H,7-12,14,18,20-24H2,1-6H3/b15-13-/t25-,26-,29+,32+,40-,41-/m1/s1. The van der Waals surface area contributed by atoms with E-state index in [-0.39, 0.29) is 56.4 Å². The van der Waals surface area contributed by atoms with E-state index in [1.54, 1.807) is 53.0 Å². The van der Waals surface area contributed by atoms with Crippen molar-refractivity contribution in [3.8, 4) is 11.5 Å². The number of alkyl halides is 1. The Labute approximate surface area is 305 Å². The van der Waals surface area contributed by atoms with E-state index < -0.39 is 46.7 Å². The molecule has 2 aromatic rings. The number of rotatable bonds is 6. The second-order valence-corrected chi connectivity index (χ2v) is 16.1. The molecule has 1 spiro atoms. The number of benzene rings is 1. The Hall–Kier alpha value is -4.02. The van der Waals surface area contributed by atoms with Crippen molar-refractivity contribution in [2.75, 3.05) is 20.3 Å². The SMILES string of the molecule is CCOC(=O)[C@]12CC(=O)[C@@H]3C[C@]4(C[C@H](F)c5c(c(CC)nc6ccc(OC)cc56)O4)CN3C(=O)[C@@H](CC(=O)OC(C)(C)C)CCCCC/C=C\[C@@H]1C2. The number of pyridine rings is 1. The molecule has 0 radical (unpaired) electrons. The third-order valence-corrected chi connectivity index (χ3v) is 11.1. The molecule has 11 heteroatoms. The monoisotopic (exact) mass is 720 g/mol. The number of hydrogen-bond acceptors (Lipinski definition) is 9. The molecule has 1 aromatic heterocycles. The molecule has 0 bridgehead atoms. The lowest BCUT2D eigenvalue weighted by atomic mass is 9.84. The zero-order valence-electron chi connectivity index (χ0n) is 31.4. The van der Waals surface area contributed by atoms with Crippen LogP contribution in [-0.2, 0) is 35.1 Å². The summed E-state index contributed by atoms with van der Waals surface area (Å²) in [5, 5.41) is 0.593. The van der Waals surface area contributed by atoms with Gasteiger partial charge in [0.2, 0.25) is 5.91 Å². The van der Waals surface area contributed by atoms with Crippen LogP contribution in [0.15, 0.2) is 30.4 Å². The maximum atomic E-state index is 16.8. The number of hydrogen-bond donors (Lipinski definition) is 0. The van der Waals surface area contributed by atoms with Gasteiger partial charge < -0.3 is 23.8 Å². The minimum Gasteiger partial charge on any atom is -0.497 e. The molecule has 52 heavy (non-hydrogen) atoms. The maximum absolute atomic E-state index is 16.8. The van der Waals surface area contributed by atoms with Crippen molar-refractivity contribution in [1.82, 2.24) is 9.88 Å². The average molecular weight is 721 g/mol. The second kappa shape index (κ2) is 14.8. The molecule has 1 saturated carbocycles. The minimum absolute atomic E-state index is 0.0397. The number of ether oxygens (including phenoxy) is 4. The van der Waals surface area contributed by atoms with E-state index >= 15 is 4.39 Å². The quantitative estimate of drug-likeness (QED) is 0.223. The maximum Gasteiger partial charge on any atom is 0.313 e. The largest absolute Gasteiger partial charge is 0.497 e. The number of carbonyl (C=O) groups is 4. The van der Waals surface area contributed by atoms with Gasteiger partial charge in [0, 0.05) is 36.1 Å². The molecule has 4 aliphatic rings. The van der Waals surface area contributed by atoms with Gasteiger partial charge in [-0.2, -0.15) is 0 Å². The summed E-state index contributed by atoms with van der Waals surface area (Å²) in [6.07, 6.45) is 7.00. The van der Waals surface area contributed by atoms with Gasteiger partial charge in [0.15, 0.2) is 5.78 Å². The van der Waals surface area contributed by atoms with Crippen molar-refractivity contribution in [2.45, 2.75) is 129 Å². The van der Waals surface area contributed by atoms with E-state index in [1.807, 2.05) is 13.0 Å². The molecule has 10 nitrogen and oxygen atoms in total. The highest BCUT2D eigenvalue weighted by Gasteiger charge is 2.63. The predicted octanol–water partition coefficient (Wildman–Crippen LogP) is 7.34. The Morgan fingerprint density at radius 1 is 1.10 bits per heavy atom. The summed E-state index contributed by atoms with van der Waals surface area (Å²) in [6.45, 7) is 9.17. The molecule has 6 rings (SSSR count). The molecule has 0 N–H and O–H groups in total. The van der Waals surface area contributed by atoms with Crippen LogP contribution in [0.3, 0.4) is 0 Å². The molecule has 282 valence electrons. The summed E-state index contributed by atoms with van der Waals surface area (Å²) >= 11 is 0. The van der Waals surface area contributed by atoms with Crippen molar-refractivity contribution in [2.24, 2.45) is 17.3 Å². The molecule has 1 aliphatic carbocycles. The fraction of sp³-hybridized carbons (Fsp3) is 0.634. The van der Waals surface area contributed by atoms with Crippen LogP contribution in [0.2, 0.25) is 0 Å². The lowest BCUT2D eigenvalue weighted by molar-refractivity contribution is -0.159. The van der Waals surface area contributed by atoms with Gasteiger partial charge in [-0.3, -0.25) is 19.2 Å². The summed E-state index contributed by atoms with van der Waals surface area (Å²) in [4.78, 5) is 62.2. The van der Waals surface area contributed by atoms with Crippen LogP contribution >= 0.6 is 0 Å². The number of nitrogens with zero attached hydrogens (tertiary/aromatic N) is 2. The fourth-order valence-corrected chi connectivity index (χ4v) is 8.49. The molecule has 3 aliphatic heterocycles. The third kappa shape index (κ3) is 7.55. The van der Waals surface area contributed by atoms with Gasteiger partial charge in [-0.25, -0.2) is 9.37 Å². The smallest absolute Gasteiger partial charge is 0.313 e. The third-order valence-electron chi connectivity index (χ3n) is 11.1. The molecule has 1 aromatic carbocycles. The molecular formula is C41H53FN2O8. The highest BCUT2D eigenvalue weighted by atomic mass is 19.1. The van der Waals surface area contributed by atoms with E-state index in [0.29, 0.717) is 59.3 Å². The number of Topliss-reactive ketones (excluding diaryl/α,β-unsaturated/α-hetero) is 1. The lowest BCUT2D eigenvalue weighted by Gasteiger charge is -2.38. The van der Waals surface area contributed by atoms with Gasteiger partial charge in [-0.1, -0.05) is 31.9 Å². The summed E-state index contributed by atoms with van der Waals surface area (Å²) in [5.74, 6) is -1.52. The van der Waals surface area contributed by atoms with E-state index in [4.69, 9.17) is 23.9 Å². The van der Waals surface area contributed by atoms with Gasteiger partial charge in [-0.05, 0) is 83.9 Å². The van der Waals surface area contributed by atoms with Crippen LogP contribution in [-0.4, -0.2) is 71.0 Å². The molecule has 2 fully saturated rings. The minimum atomic E-state index is -1.48. The first-order valence-corrected chi connectivity index (χ1v) is 19.0. The zero-order valence-corrected chi connectivity index (χ0v) is 31.4. The number of halogens is 1. The van der Waals surface area contributed by atoms with Crippen molar-refractivity contribution in [3.63, 3.8) is 0 Å². The number of amides is 1. The highest BCUT2D eigenvalue weighted by molar-refractivity contribution is 5.96. The first-order chi connectivity index (χ1) is 24.7. The van der Waals surface area contributed by atoms with E-state index in [0.717, 1.165) is 19.3 Å². The van der Waals surface area contributed by atoms with Crippen LogP contribution in [0.4, 0.5) is 4.39 Å². The Morgan fingerprint density at radius 3 is 2.60 bits per heavy atom. The topological polar surface area (TPSA) is 121 Å². The van der Waals surface area contributed by atoms with E-state index in [1.165, 1.54) is 4.90 Å². The molecule has 6 atom stereocenters. The second-order valence-electron chi connectivity index (χ2n) is 16.1. The van der Waals surface area contributed by atoms with Crippen LogP contribution in [0.5, 0.6) is 11.5 Å². The molecule has 1 saturated heterocycles.